The second-order valence-electron chi connectivity index (χ2n) is 4.69. The van der Waals surface area contributed by atoms with Gasteiger partial charge in [-0.15, -0.1) is 0 Å². The SMILES string of the molecule is CC(C)(C)C(F)(CN)c1cccnc1N. The third-order valence-corrected chi connectivity index (χ3v) is 2.74. The Hall–Kier alpha value is -1.16. The average Bonchev–Trinajstić information content (AvgIpc) is 2.15. The first-order valence-corrected chi connectivity index (χ1v) is 4.93. The molecule has 0 aliphatic heterocycles. The Morgan fingerprint density at radius 3 is 2.40 bits per heavy atom. The van der Waals surface area contributed by atoms with Gasteiger partial charge < -0.3 is 11.5 Å². The number of nitrogens with two attached hydrogens (primary N) is 2. The van der Waals surface area contributed by atoms with Gasteiger partial charge in [-0.3, -0.25) is 0 Å². The summed E-state index contributed by atoms with van der Waals surface area (Å²) >= 11 is 0. The number of rotatable bonds is 2. The van der Waals surface area contributed by atoms with Gasteiger partial charge in [0.2, 0.25) is 0 Å². The monoisotopic (exact) mass is 211 g/mol. The number of halogens is 1. The van der Waals surface area contributed by atoms with Crippen molar-refractivity contribution >= 4 is 5.82 Å². The number of alkyl halides is 1. The molecule has 0 amide bonds. The number of nitrogen functional groups attached to an aromatic ring is 1. The van der Waals surface area contributed by atoms with E-state index in [0.717, 1.165) is 0 Å². The Morgan fingerprint density at radius 1 is 1.40 bits per heavy atom. The van der Waals surface area contributed by atoms with Crippen LogP contribution in [-0.4, -0.2) is 11.5 Å². The molecule has 0 aromatic carbocycles. The molecule has 0 saturated carbocycles. The normalized spacial score (nSPS) is 16.1. The van der Waals surface area contributed by atoms with Crippen molar-refractivity contribution in [1.29, 1.82) is 0 Å². The number of nitrogens with zero attached hydrogens (tertiary/aromatic N) is 1. The number of aromatic nitrogens is 1. The summed E-state index contributed by atoms with van der Waals surface area (Å²) in [6.07, 6.45) is 1.54. The van der Waals surface area contributed by atoms with E-state index in [1.54, 1.807) is 39.1 Å². The van der Waals surface area contributed by atoms with Gasteiger partial charge in [0.1, 0.15) is 5.82 Å². The summed E-state index contributed by atoms with van der Waals surface area (Å²) in [5, 5.41) is 0. The maximum absolute atomic E-state index is 14.8. The molecule has 1 aromatic heterocycles. The number of pyridine rings is 1. The van der Waals surface area contributed by atoms with Crippen molar-refractivity contribution < 1.29 is 4.39 Å². The number of anilines is 1. The fourth-order valence-electron chi connectivity index (χ4n) is 1.57. The first-order chi connectivity index (χ1) is 6.83. The van der Waals surface area contributed by atoms with Crippen LogP contribution in [0.3, 0.4) is 0 Å². The van der Waals surface area contributed by atoms with Crippen LogP contribution in [0, 0.1) is 5.41 Å². The van der Waals surface area contributed by atoms with Crippen LogP contribution in [0.4, 0.5) is 10.2 Å². The molecule has 1 unspecified atom stereocenters. The second kappa shape index (κ2) is 3.77. The summed E-state index contributed by atoms with van der Waals surface area (Å²) < 4.78 is 14.8. The Labute approximate surface area is 89.7 Å². The maximum Gasteiger partial charge on any atom is 0.156 e. The van der Waals surface area contributed by atoms with Gasteiger partial charge in [-0.1, -0.05) is 26.8 Å². The maximum atomic E-state index is 14.8. The fraction of sp³-hybridized carbons (Fsp3) is 0.545. The zero-order valence-corrected chi connectivity index (χ0v) is 9.42. The predicted octanol–water partition coefficient (Wildman–Crippen LogP) is 1.83. The smallest absolute Gasteiger partial charge is 0.156 e. The highest BCUT2D eigenvalue weighted by atomic mass is 19.1. The minimum atomic E-state index is -1.65. The van der Waals surface area contributed by atoms with Crippen molar-refractivity contribution in [3.05, 3.63) is 23.9 Å². The standard InChI is InChI=1S/C11H18FN3/c1-10(2,3)11(12,7-13)8-5-4-6-15-9(8)14/h4-6H,7,13H2,1-3H3,(H2,14,15). The van der Waals surface area contributed by atoms with E-state index in [0.29, 0.717) is 5.56 Å². The molecule has 4 heteroatoms. The zero-order valence-electron chi connectivity index (χ0n) is 9.42. The first kappa shape index (κ1) is 11.9. The highest BCUT2D eigenvalue weighted by Gasteiger charge is 2.44. The van der Waals surface area contributed by atoms with E-state index in [1.165, 1.54) is 0 Å². The van der Waals surface area contributed by atoms with Crippen LogP contribution in [0.1, 0.15) is 26.3 Å². The third kappa shape index (κ3) is 1.95. The third-order valence-electron chi connectivity index (χ3n) is 2.74. The molecule has 0 aliphatic carbocycles. The van der Waals surface area contributed by atoms with Crippen molar-refractivity contribution in [3.8, 4) is 0 Å². The summed E-state index contributed by atoms with van der Waals surface area (Å²) in [5.74, 6) is 0.209. The number of hydrogen-bond donors (Lipinski definition) is 2. The molecular formula is C11H18FN3. The molecule has 0 bridgehead atoms. The highest BCUT2D eigenvalue weighted by molar-refractivity contribution is 5.44. The van der Waals surface area contributed by atoms with Crippen molar-refractivity contribution in [2.75, 3.05) is 12.3 Å². The van der Waals surface area contributed by atoms with Gasteiger partial charge in [-0.2, -0.15) is 0 Å². The van der Waals surface area contributed by atoms with Crippen LogP contribution < -0.4 is 11.5 Å². The van der Waals surface area contributed by atoms with Crippen molar-refractivity contribution in [2.45, 2.75) is 26.4 Å². The van der Waals surface area contributed by atoms with Gasteiger partial charge in [0, 0.05) is 23.7 Å². The summed E-state index contributed by atoms with van der Waals surface area (Å²) in [4.78, 5) is 3.89. The molecule has 1 atom stereocenters. The molecule has 4 N–H and O–H groups in total. The molecular weight excluding hydrogens is 193 g/mol. The molecule has 3 nitrogen and oxygen atoms in total. The van der Waals surface area contributed by atoms with Gasteiger partial charge in [0.05, 0.1) is 0 Å². The second-order valence-corrected chi connectivity index (χ2v) is 4.69. The van der Waals surface area contributed by atoms with Crippen molar-refractivity contribution in [2.24, 2.45) is 11.1 Å². The summed E-state index contributed by atoms with van der Waals surface area (Å²) in [6.45, 7) is 5.29. The highest BCUT2D eigenvalue weighted by Crippen LogP contribution is 2.43. The van der Waals surface area contributed by atoms with E-state index in [-0.39, 0.29) is 12.4 Å². The van der Waals surface area contributed by atoms with Crippen molar-refractivity contribution in [1.82, 2.24) is 4.98 Å². The average molecular weight is 211 g/mol. The Balaban J connectivity index is 3.30. The molecule has 1 heterocycles. The molecule has 15 heavy (non-hydrogen) atoms. The van der Waals surface area contributed by atoms with Gasteiger partial charge in [-0.05, 0) is 6.07 Å². The van der Waals surface area contributed by atoms with E-state index in [4.69, 9.17) is 11.5 Å². The van der Waals surface area contributed by atoms with Crippen LogP contribution in [0.25, 0.3) is 0 Å². The lowest BCUT2D eigenvalue weighted by Crippen LogP contribution is -2.43. The van der Waals surface area contributed by atoms with E-state index in [1.807, 2.05) is 0 Å². The Morgan fingerprint density at radius 2 is 2.00 bits per heavy atom. The Bertz CT molecular complexity index is 346. The summed E-state index contributed by atoms with van der Waals surface area (Å²) in [6, 6.07) is 3.31. The van der Waals surface area contributed by atoms with E-state index < -0.39 is 11.1 Å². The molecule has 0 fully saturated rings. The minimum absolute atomic E-state index is 0.105. The van der Waals surface area contributed by atoms with Crippen LogP contribution in [0.5, 0.6) is 0 Å². The molecule has 0 aliphatic rings. The summed E-state index contributed by atoms with van der Waals surface area (Å²) in [7, 11) is 0. The van der Waals surface area contributed by atoms with Crippen LogP contribution in [0.2, 0.25) is 0 Å². The van der Waals surface area contributed by atoms with Gasteiger partial charge in [-0.25, -0.2) is 9.37 Å². The van der Waals surface area contributed by atoms with Crippen LogP contribution in [0.15, 0.2) is 18.3 Å². The topological polar surface area (TPSA) is 64.9 Å². The van der Waals surface area contributed by atoms with Crippen molar-refractivity contribution in [3.63, 3.8) is 0 Å². The zero-order chi connectivity index (χ0) is 11.7. The molecule has 1 rings (SSSR count). The fourth-order valence-corrected chi connectivity index (χ4v) is 1.57. The largest absolute Gasteiger partial charge is 0.383 e. The Kier molecular flexibility index (Phi) is 3.00. The lowest BCUT2D eigenvalue weighted by molar-refractivity contribution is 0.0348. The van der Waals surface area contributed by atoms with Gasteiger partial charge >= 0.3 is 0 Å². The van der Waals surface area contributed by atoms with E-state index >= 15 is 0 Å². The molecule has 1 aromatic rings. The quantitative estimate of drug-likeness (QED) is 0.784. The molecule has 84 valence electrons. The van der Waals surface area contributed by atoms with Gasteiger partial charge in [0.15, 0.2) is 5.67 Å². The van der Waals surface area contributed by atoms with Crippen LogP contribution in [-0.2, 0) is 5.67 Å². The molecule has 0 spiro atoms. The minimum Gasteiger partial charge on any atom is -0.383 e. The lowest BCUT2D eigenvalue weighted by Gasteiger charge is -2.37. The predicted molar refractivity (Wildman–Crippen MR) is 59.9 cm³/mol. The first-order valence-electron chi connectivity index (χ1n) is 4.93. The van der Waals surface area contributed by atoms with Crippen LogP contribution >= 0.6 is 0 Å². The lowest BCUT2D eigenvalue weighted by atomic mass is 9.74. The molecule has 0 saturated heterocycles. The van der Waals surface area contributed by atoms with E-state index in [9.17, 15) is 4.39 Å². The van der Waals surface area contributed by atoms with Gasteiger partial charge in [0.25, 0.3) is 0 Å². The number of hydrogen-bond acceptors (Lipinski definition) is 3. The van der Waals surface area contributed by atoms with E-state index in [2.05, 4.69) is 4.98 Å². The molecule has 0 radical (unpaired) electrons. The summed E-state index contributed by atoms with van der Waals surface area (Å²) in [5.41, 5.74) is 9.32.